The highest BCUT2D eigenvalue weighted by atomic mass is 16.5. The molecule has 0 saturated carbocycles. The average Bonchev–Trinajstić information content (AvgIpc) is 2.69. The second-order valence-electron chi connectivity index (χ2n) is 5.73. The molecule has 0 atom stereocenters. The van der Waals surface area contributed by atoms with Gasteiger partial charge >= 0.3 is 0 Å². The van der Waals surface area contributed by atoms with Crippen molar-refractivity contribution < 1.29 is 14.3 Å². The molecule has 1 fully saturated rings. The third-order valence-electron chi connectivity index (χ3n) is 4.06. The van der Waals surface area contributed by atoms with Crippen LogP contribution >= 0.6 is 0 Å². The van der Waals surface area contributed by atoms with E-state index in [1.54, 1.807) is 24.1 Å². The number of nitrogens with zero attached hydrogens (tertiary/aromatic N) is 3. The highest BCUT2D eigenvalue weighted by Crippen LogP contribution is 2.12. The third-order valence-corrected chi connectivity index (χ3v) is 4.06. The van der Waals surface area contributed by atoms with Crippen LogP contribution in [0.15, 0.2) is 36.4 Å². The molecule has 0 bridgehead atoms. The molecule has 0 aliphatic carbocycles. The van der Waals surface area contributed by atoms with Gasteiger partial charge in [-0.3, -0.25) is 4.79 Å². The predicted molar refractivity (Wildman–Crippen MR) is 93.9 cm³/mol. The SMILES string of the molecule is COc1ccc(CCNc2ccc(C(=O)N3CCOCC3)nn2)cc1. The van der Waals surface area contributed by atoms with E-state index in [1.807, 2.05) is 24.3 Å². The minimum Gasteiger partial charge on any atom is -0.497 e. The summed E-state index contributed by atoms with van der Waals surface area (Å²) in [5.74, 6) is 1.41. The van der Waals surface area contributed by atoms with E-state index in [4.69, 9.17) is 9.47 Å². The Morgan fingerprint density at radius 3 is 2.56 bits per heavy atom. The molecule has 0 unspecified atom stereocenters. The summed E-state index contributed by atoms with van der Waals surface area (Å²) in [4.78, 5) is 14.0. The Hall–Kier alpha value is -2.67. The van der Waals surface area contributed by atoms with Gasteiger partial charge < -0.3 is 19.7 Å². The molecule has 1 N–H and O–H groups in total. The van der Waals surface area contributed by atoms with Gasteiger partial charge in [-0.15, -0.1) is 10.2 Å². The minimum atomic E-state index is -0.0967. The lowest BCUT2D eigenvalue weighted by Crippen LogP contribution is -2.41. The van der Waals surface area contributed by atoms with Crippen LogP contribution in [0.5, 0.6) is 5.75 Å². The number of anilines is 1. The van der Waals surface area contributed by atoms with Crippen molar-refractivity contribution in [1.29, 1.82) is 0 Å². The lowest BCUT2D eigenvalue weighted by Gasteiger charge is -2.26. The Morgan fingerprint density at radius 2 is 1.92 bits per heavy atom. The number of hydrogen-bond donors (Lipinski definition) is 1. The van der Waals surface area contributed by atoms with Crippen LogP contribution in [0, 0.1) is 0 Å². The summed E-state index contributed by atoms with van der Waals surface area (Å²) in [6, 6.07) is 11.5. The molecular weight excluding hydrogens is 320 g/mol. The molecule has 0 spiro atoms. The highest BCUT2D eigenvalue weighted by Gasteiger charge is 2.19. The first-order chi connectivity index (χ1) is 12.3. The number of nitrogens with one attached hydrogen (secondary N) is 1. The van der Waals surface area contributed by atoms with E-state index < -0.39 is 0 Å². The molecule has 132 valence electrons. The summed E-state index contributed by atoms with van der Waals surface area (Å²) in [5.41, 5.74) is 1.57. The standard InChI is InChI=1S/C18H22N4O3/c1-24-15-4-2-14(3-5-15)8-9-19-17-7-6-16(20-21-17)18(23)22-10-12-25-13-11-22/h2-7H,8-13H2,1H3,(H,19,21). The van der Waals surface area contributed by atoms with Crippen LogP contribution in [-0.2, 0) is 11.2 Å². The van der Waals surface area contributed by atoms with Gasteiger partial charge in [-0.2, -0.15) is 0 Å². The van der Waals surface area contributed by atoms with Crippen molar-refractivity contribution in [2.75, 3.05) is 45.3 Å². The van der Waals surface area contributed by atoms with E-state index >= 15 is 0 Å². The number of morpholine rings is 1. The summed E-state index contributed by atoms with van der Waals surface area (Å²) in [6.45, 7) is 3.08. The summed E-state index contributed by atoms with van der Waals surface area (Å²) in [7, 11) is 1.66. The van der Waals surface area contributed by atoms with E-state index in [1.165, 1.54) is 5.56 Å². The zero-order valence-corrected chi connectivity index (χ0v) is 14.3. The van der Waals surface area contributed by atoms with Gasteiger partial charge in [0.1, 0.15) is 11.6 Å². The van der Waals surface area contributed by atoms with Crippen LogP contribution < -0.4 is 10.1 Å². The van der Waals surface area contributed by atoms with E-state index in [-0.39, 0.29) is 5.91 Å². The first-order valence-electron chi connectivity index (χ1n) is 8.34. The smallest absolute Gasteiger partial charge is 0.274 e. The first-order valence-corrected chi connectivity index (χ1v) is 8.34. The van der Waals surface area contributed by atoms with Crippen molar-refractivity contribution in [2.45, 2.75) is 6.42 Å². The van der Waals surface area contributed by atoms with Crippen molar-refractivity contribution >= 4 is 11.7 Å². The number of rotatable bonds is 6. The lowest BCUT2D eigenvalue weighted by molar-refractivity contribution is 0.0298. The fourth-order valence-electron chi connectivity index (χ4n) is 2.60. The summed E-state index contributed by atoms with van der Waals surface area (Å²) >= 11 is 0. The molecule has 1 aliphatic rings. The topological polar surface area (TPSA) is 76.6 Å². The number of benzene rings is 1. The van der Waals surface area contributed by atoms with Gasteiger partial charge in [0.2, 0.25) is 0 Å². The van der Waals surface area contributed by atoms with Gasteiger partial charge in [-0.1, -0.05) is 12.1 Å². The van der Waals surface area contributed by atoms with Crippen molar-refractivity contribution in [2.24, 2.45) is 0 Å². The molecular formula is C18H22N4O3. The van der Waals surface area contributed by atoms with Gasteiger partial charge in [0.25, 0.3) is 5.91 Å². The Labute approximate surface area is 147 Å². The van der Waals surface area contributed by atoms with Crippen molar-refractivity contribution in [1.82, 2.24) is 15.1 Å². The maximum Gasteiger partial charge on any atom is 0.274 e. The maximum absolute atomic E-state index is 12.3. The fourth-order valence-corrected chi connectivity index (χ4v) is 2.60. The molecule has 1 aromatic carbocycles. The van der Waals surface area contributed by atoms with Crippen molar-refractivity contribution in [3.63, 3.8) is 0 Å². The Balaban J connectivity index is 1.49. The molecule has 1 saturated heterocycles. The maximum atomic E-state index is 12.3. The number of hydrogen-bond acceptors (Lipinski definition) is 6. The fraction of sp³-hybridized carbons (Fsp3) is 0.389. The molecule has 2 aromatic rings. The van der Waals surface area contributed by atoms with Gasteiger partial charge in [0.05, 0.1) is 20.3 Å². The van der Waals surface area contributed by atoms with Crippen molar-refractivity contribution in [3.8, 4) is 5.75 Å². The largest absolute Gasteiger partial charge is 0.497 e. The van der Waals surface area contributed by atoms with Crippen LogP contribution in [-0.4, -0.2) is 61.0 Å². The molecule has 3 rings (SSSR count). The first kappa shape index (κ1) is 17.2. The number of ether oxygens (including phenoxy) is 2. The number of amides is 1. The van der Waals surface area contributed by atoms with Crippen LogP contribution in [0.4, 0.5) is 5.82 Å². The van der Waals surface area contributed by atoms with E-state index in [0.29, 0.717) is 37.8 Å². The van der Waals surface area contributed by atoms with Gasteiger partial charge in [0.15, 0.2) is 5.69 Å². The zero-order valence-electron chi connectivity index (χ0n) is 14.3. The van der Waals surface area contributed by atoms with E-state index in [2.05, 4.69) is 15.5 Å². The average molecular weight is 342 g/mol. The number of methoxy groups -OCH3 is 1. The van der Waals surface area contributed by atoms with Gasteiger partial charge in [-0.05, 0) is 36.2 Å². The van der Waals surface area contributed by atoms with Crippen LogP contribution in [0.2, 0.25) is 0 Å². The minimum absolute atomic E-state index is 0.0967. The molecule has 0 radical (unpaired) electrons. The normalized spacial score (nSPS) is 14.2. The van der Waals surface area contributed by atoms with E-state index in [9.17, 15) is 4.79 Å². The molecule has 7 heteroatoms. The predicted octanol–water partition coefficient (Wildman–Crippen LogP) is 1.61. The lowest BCUT2D eigenvalue weighted by atomic mass is 10.1. The number of carbonyl (C=O) groups is 1. The highest BCUT2D eigenvalue weighted by molar-refractivity contribution is 5.92. The molecule has 7 nitrogen and oxygen atoms in total. The second kappa shape index (κ2) is 8.43. The number of carbonyl (C=O) groups excluding carboxylic acids is 1. The summed E-state index contributed by atoms with van der Waals surface area (Å²) < 4.78 is 10.4. The van der Waals surface area contributed by atoms with Crippen LogP contribution in [0.1, 0.15) is 16.1 Å². The Morgan fingerprint density at radius 1 is 1.16 bits per heavy atom. The summed E-state index contributed by atoms with van der Waals surface area (Å²) in [6.07, 6.45) is 0.861. The molecule has 2 heterocycles. The Kier molecular flexibility index (Phi) is 5.79. The molecule has 1 aromatic heterocycles. The third kappa shape index (κ3) is 4.67. The monoisotopic (exact) mass is 342 g/mol. The number of aromatic nitrogens is 2. The molecule has 1 amide bonds. The summed E-state index contributed by atoms with van der Waals surface area (Å²) in [5, 5.41) is 11.4. The molecule has 1 aliphatic heterocycles. The van der Waals surface area contributed by atoms with Crippen LogP contribution in [0.25, 0.3) is 0 Å². The van der Waals surface area contributed by atoms with Gasteiger partial charge in [0, 0.05) is 19.6 Å². The van der Waals surface area contributed by atoms with Crippen molar-refractivity contribution in [3.05, 3.63) is 47.7 Å². The molecule has 25 heavy (non-hydrogen) atoms. The quantitative estimate of drug-likeness (QED) is 0.859. The Bertz CT molecular complexity index is 682. The van der Waals surface area contributed by atoms with E-state index in [0.717, 1.165) is 18.7 Å². The second-order valence-corrected chi connectivity index (χ2v) is 5.73. The van der Waals surface area contributed by atoms with Crippen LogP contribution in [0.3, 0.4) is 0 Å². The zero-order chi connectivity index (χ0) is 17.5. The van der Waals surface area contributed by atoms with Gasteiger partial charge in [-0.25, -0.2) is 0 Å².